The van der Waals surface area contributed by atoms with E-state index in [9.17, 15) is 9.59 Å². The number of alkyl halides is 2. The molecule has 0 aromatic carbocycles. The lowest BCUT2D eigenvalue weighted by molar-refractivity contribution is -0.146. The summed E-state index contributed by atoms with van der Waals surface area (Å²) in [5, 5.41) is 0. The van der Waals surface area contributed by atoms with E-state index in [0.717, 1.165) is 21.7 Å². The summed E-state index contributed by atoms with van der Waals surface area (Å²) in [6, 6.07) is 0. The largest absolute Gasteiger partial charge is 0.466 e. The van der Waals surface area contributed by atoms with Crippen LogP contribution in [0.1, 0.15) is 32.1 Å². The van der Waals surface area contributed by atoms with Crippen LogP contribution in [0.15, 0.2) is 0 Å². The van der Waals surface area contributed by atoms with E-state index in [-0.39, 0.29) is 11.9 Å². The van der Waals surface area contributed by atoms with E-state index in [4.69, 9.17) is 9.47 Å². The van der Waals surface area contributed by atoms with Gasteiger partial charge in [-0.15, -0.1) is 0 Å². The molecular weight excluding hydrogens is 450 g/mol. The summed E-state index contributed by atoms with van der Waals surface area (Å²) in [6.45, 7) is 0.666. The zero-order valence-electron chi connectivity index (χ0n) is 9.75. The van der Waals surface area contributed by atoms with Crippen LogP contribution in [0.2, 0.25) is 0 Å². The molecule has 4 nitrogen and oxygen atoms in total. The molecule has 17 heavy (non-hydrogen) atoms. The minimum Gasteiger partial charge on any atom is -0.466 e. The van der Waals surface area contributed by atoms with E-state index in [1.165, 1.54) is 0 Å². The molecule has 0 aromatic rings. The molecule has 0 spiro atoms. The van der Waals surface area contributed by atoms with E-state index in [1.807, 2.05) is 0 Å². The summed E-state index contributed by atoms with van der Waals surface area (Å²) in [4.78, 5) is 22.2. The number of esters is 2. The van der Waals surface area contributed by atoms with Gasteiger partial charge >= 0.3 is 11.9 Å². The lowest BCUT2D eigenvalue weighted by Gasteiger charge is -2.05. The second kappa shape index (κ2) is 12.8. The van der Waals surface area contributed by atoms with Gasteiger partial charge in [0.1, 0.15) is 0 Å². The molecule has 0 aliphatic carbocycles. The summed E-state index contributed by atoms with van der Waals surface area (Å²) >= 11 is 4.45. The highest BCUT2D eigenvalue weighted by molar-refractivity contribution is 14.1. The van der Waals surface area contributed by atoms with Crippen molar-refractivity contribution in [3.05, 3.63) is 0 Å². The maximum Gasteiger partial charge on any atom is 0.305 e. The molecule has 6 heteroatoms. The van der Waals surface area contributed by atoms with Crippen molar-refractivity contribution in [3.8, 4) is 0 Å². The molecule has 0 aromatic heterocycles. The molecule has 0 aliphatic heterocycles. The summed E-state index contributed by atoms with van der Waals surface area (Å²) in [6.07, 6.45) is 3.22. The topological polar surface area (TPSA) is 52.6 Å². The number of carbonyl (C=O) groups is 2. The fraction of sp³-hybridized carbons (Fsp3) is 0.818. The first-order valence-corrected chi connectivity index (χ1v) is 8.69. The maximum atomic E-state index is 11.1. The molecule has 0 unspecified atom stereocenters. The fourth-order valence-corrected chi connectivity index (χ4v) is 1.76. The smallest absolute Gasteiger partial charge is 0.305 e. The van der Waals surface area contributed by atoms with Crippen molar-refractivity contribution in [1.82, 2.24) is 0 Å². The zero-order chi connectivity index (χ0) is 12.9. The molecule has 0 radical (unpaired) electrons. The number of carbonyl (C=O) groups excluding carboxylic acids is 2. The predicted octanol–water partition coefficient (Wildman–Crippen LogP) is 2.89. The van der Waals surface area contributed by atoms with Crippen LogP contribution in [-0.2, 0) is 19.1 Å². The molecule has 0 saturated carbocycles. The fourth-order valence-electron chi connectivity index (χ4n) is 0.998. The van der Waals surface area contributed by atoms with E-state index in [2.05, 4.69) is 45.2 Å². The standard InChI is InChI=1S/C11H18I2O4/c12-6-1-4-10(14)16-8-3-9-17-11(15)5-2-7-13/h1-9H2. The first-order valence-electron chi connectivity index (χ1n) is 5.64. The average Bonchev–Trinajstić information content (AvgIpc) is 2.33. The molecule has 100 valence electrons. The Labute approximate surface area is 129 Å². The molecule has 0 fully saturated rings. The first kappa shape index (κ1) is 17.4. The van der Waals surface area contributed by atoms with Gasteiger partial charge in [-0.1, -0.05) is 45.2 Å². The highest BCUT2D eigenvalue weighted by Gasteiger charge is 2.03. The molecule has 0 atom stereocenters. The molecule has 0 heterocycles. The van der Waals surface area contributed by atoms with Gasteiger partial charge in [0.15, 0.2) is 0 Å². The minimum absolute atomic E-state index is 0.169. The molecule has 0 aliphatic rings. The lowest BCUT2D eigenvalue weighted by atomic mass is 10.3. The van der Waals surface area contributed by atoms with E-state index >= 15 is 0 Å². The molecule has 0 bridgehead atoms. The third-order valence-corrected chi connectivity index (χ3v) is 3.37. The average molecular weight is 468 g/mol. The third kappa shape index (κ3) is 12.6. The van der Waals surface area contributed by atoms with Crippen LogP contribution in [0.5, 0.6) is 0 Å². The van der Waals surface area contributed by atoms with Gasteiger partial charge in [0.2, 0.25) is 0 Å². The Bertz CT molecular complexity index is 200. The number of ether oxygens (including phenoxy) is 2. The number of hydrogen-bond acceptors (Lipinski definition) is 4. The Balaban J connectivity index is 3.28. The van der Waals surface area contributed by atoms with Gasteiger partial charge in [0.25, 0.3) is 0 Å². The number of halogens is 2. The summed E-state index contributed by atoms with van der Waals surface area (Å²) in [5.74, 6) is -0.337. The predicted molar refractivity (Wildman–Crippen MR) is 82.8 cm³/mol. The second-order valence-electron chi connectivity index (χ2n) is 3.38. The van der Waals surface area contributed by atoms with Crippen LogP contribution in [0.3, 0.4) is 0 Å². The Hall–Kier alpha value is 0.400. The van der Waals surface area contributed by atoms with Gasteiger partial charge in [-0.3, -0.25) is 9.59 Å². The Morgan fingerprint density at radius 2 is 1.18 bits per heavy atom. The van der Waals surface area contributed by atoms with Crippen LogP contribution in [0.25, 0.3) is 0 Å². The van der Waals surface area contributed by atoms with Crippen LogP contribution in [0.4, 0.5) is 0 Å². The molecule has 0 saturated heterocycles. The van der Waals surface area contributed by atoms with E-state index in [0.29, 0.717) is 32.5 Å². The van der Waals surface area contributed by atoms with Crippen LogP contribution in [0, 0.1) is 0 Å². The summed E-state index contributed by atoms with van der Waals surface area (Å²) in [5.41, 5.74) is 0. The van der Waals surface area contributed by atoms with Crippen molar-refractivity contribution in [3.63, 3.8) is 0 Å². The molecule has 0 rings (SSSR count). The molecule has 0 amide bonds. The van der Waals surface area contributed by atoms with Gasteiger partial charge in [-0.05, 0) is 12.8 Å². The highest BCUT2D eigenvalue weighted by atomic mass is 127. The van der Waals surface area contributed by atoms with Crippen molar-refractivity contribution in [2.45, 2.75) is 32.1 Å². The van der Waals surface area contributed by atoms with Crippen LogP contribution < -0.4 is 0 Å². The van der Waals surface area contributed by atoms with Crippen molar-refractivity contribution < 1.29 is 19.1 Å². The van der Waals surface area contributed by atoms with Gasteiger partial charge in [0.05, 0.1) is 13.2 Å². The normalized spacial score (nSPS) is 10.0. The maximum absolute atomic E-state index is 11.1. The van der Waals surface area contributed by atoms with Gasteiger partial charge in [0, 0.05) is 28.1 Å². The van der Waals surface area contributed by atoms with Crippen molar-refractivity contribution in [2.24, 2.45) is 0 Å². The lowest BCUT2D eigenvalue weighted by Crippen LogP contribution is -2.10. The molecular formula is C11H18I2O4. The Morgan fingerprint density at radius 1 is 0.765 bits per heavy atom. The monoisotopic (exact) mass is 468 g/mol. The van der Waals surface area contributed by atoms with E-state index < -0.39 is 0 Å². The second-order valence-corrected chi connectivity index (χ2v) is 5.54. The first-order chi connectivity index (χ1) is 8.20. The van der Waals surface area contributed by atoms with E-state index in [1.54, 1.807) is 0 Å². The van der Waals surface area contributed by atoms with Crippen LogP contribution in [-0.4, -0.2) is 34.0 Å². The van der Waals surface area contributed by atoms with Crippen molar-refractivity contribution >= 4 is 57.1 Å². The summed E-state index contributed by atoms with van der Waals surface area (Å²) < 4.78 is 11.9. The van der Waals surface area contributed by atoms with Gasteiger partial charge in [-0.2, -0.15) is 0 Å². The SMILES string of the molecule is O=C(CCCI)OCCCOC(=O)CCCI. The zero-order valence-corrected chi connectivity index (χ0v) is 14.1. The highest BCUT2D eigenvalue weighted by Crippen LogP contribution is 1.99. The van der Waals surface area contributed by atoms with Crippen LogP contribution >= 0.6 is 45.2 Å². The quantitative estimate of drug-likeness (QED) is 0.214. The third-order valence-electron chi connectivity index (χ3n) is 1.84. The summed E-state index contributed by atoms with van der Waals surface area (Å²) in [7, 11) is 0. The number of hydrogen-bond donors (Lipinski definition) is 0. The van der Waals surface area contributed by atoms with Crippen molar-refractivity contribution in [2.75, 3.05) is 22.1 Å². The Kier molecular flexibility index (Phi) is 13.1. The number of rotatable bonds is 10. The van der Waals surface area contributed by atoms with Gasteiger partial charge in [-0.25, -0.2) is 0 Å². The van der Waals surface area contributed by atoms with Gasteiger partial charge < -0.3 is 9.47 Å². The van der Waals surface area contributed by atoms with Crippen molar-refractivity contribution in [1.29, 1.82) is 0 Å². The molecule has 0 N–H and O–H groups in total. The Morgan fingerprint density at radius 3 is 1.53 bits per heavy atom. The minimum atomic E-state index is -0.169.